The number of nitrogens with zero attached hydrogens (tertiary/aromatic N) is 2. The number of unbranched alkanes of at least 4 members (excludes halogenated alkanes) is 3. The summed E-state index contributed by atoms with van der Waals surface area (Å²) in [6.45, 7) is 1.85. The summed E-state index contributed by atoms with van der Waals surface area (Å²) in [6, 6.07) is 7.64. The molecule has 2 saturated carbocycles. The first-order valence-electron chi connectivity index (χ1n) is 21.0. The minimum absolute atomic E-state index is 0.0238. The maximum Gasteiger partial charge on any atom is 0.508 e. The Labute approximate surface area is 337 Å². The van der Waals surface area contributed by atoms with Crippen LogP contribution in [0.15, 0.2) is 24.3 Å². The Hall–Kier alpha value is -4.56. The largest absolute Gasteiger partial charge is 0.508 e. The van der Waals surface area contributed by atoms with E-state index in [-0.39, 0.29) is 49.7 Å². The van der Waals surface area contributed by atoms with Crippen LogP contribution in [0.5, 0.6) is 23.0 Å². The second-order valence-corrected chi connectivity index (χ2v) is 17.6. The SMILES string of the molecule is COc1ccc2c3c1O[C@H]1C(=O)CC[C@@]4(OC(=O)OCCCCCCOC(=O)O[C@@]56CCC(=O)[C@@H]7Oc8c(OC)ccc9c8[C@@]75CCN(C)[C@@H]6C9)[C@@H](C2)N(C)CC[C@]314. The van der Waals surface area contributed by atoms with E-state index in [9.17, 15) is 19.2 Å². The Kier molecular flexibility index (Phi) is 8.76. The van der Waals surface area contributed by atoms with E-state index >= 15 is 0 Å². The van der Waals surface area contributed by atoms with Crippen molar-refractivity contribution in [3.63, 3.8) is 0 Å². The van der Waals surface area contributed by atoms with Crippen LogP contribution in [0.3, 0.4) is 0 Å². The Bertz CT molecular complexity index is 1940. The van der Waals surface area contributed by atoms with Crippen LogP contribution in [0, 0.1) is 0 Å². The topological polar surface area (TPSA) is 149 Å². The predicted octanol–water partition coefficient (Wildman–Crippen LogP) is 4.99. The van der Waals surface area contributed by atoms with E-state index < -0.39 is 46.6 Å². The molecule has 2 aromatic rings. The van der Waals surface area contributed by atoms with Crippen molar-refractivity contribution in [3.8, 4) is 23.0 Å². The van der Waals surface area contributed by atoms with Gasteiger partial charge in [0.25, 0.3) is 0 Å². The van der Waals surface area contributed by atoms with E-state index in [0.717, 1.165) is 48.2 Å². The first-order valence-corrected chi connectivity index (χ1v) is 21.0. The number of hydrogen-bond acceptors (Lipinski definition) is 14. The summed E-state index contributed by atoms with van der Waals surface area (Å²) >= 11 is 0. The number of ketones is 2. The third kappa shape index (κ3) is 4.84. The molecule has 4 heterocycles. The van der Waals surface area contributed by atoms with Gasteiger partial charge in [-0.05, 0) is 115 Å². The van der Waals surface area contributed by atoms with E-state index in [1.54, 1.807) is 14.2 Å². The standard InChI is InChI=1S/C44H52N2O12/c1-45-19-17-41-33-25-9-11-29(51-3)35(33)55-37(41)27(47)13-15-43(41,31(45)23-25)57-39(49)53-21-7-5-6-8-22-54-40(50)58-44-16-14-28(48)38-42(44)18-20-46(2)32(44)24-26-10-12-30(52-4)36(56-38)34(26)42/h9-12,31-32,37-38H,5-8,13-24H2,1-4H3/t31-,32-,37+,38+,41+,42+,43-,44-/m1/s1. The zero-order valence-corrected chi connectivity index (χ0v) is 33.7. The second-order valence-electron chi connectivity index (χ2n) is 17.6. The fourth-order valence-electron chi connectivity index (χ4n) is 13.0. The highest BCUT2D eigenvalue weighted by Crippen LogP contribution is 2.67. The molecule has 14 heteroatoms. The molecule has 0 unspecified atom stereocenters. The monoisotopic (exact) mass is 800 g/mol. The Morgan fingerprint density at radius 2 is 1.09 bits per heavy atom. The molecule has 0 N–H and O–H groups in total. The lowest BCUT2D eigenvalue weighted by molar-refractivity contribution is -0.193. The van der Waals surface area contributed by atoms with Gasteiger partial charge >= 0.3 is 12.3 Å². The number of benzene rings is 2. The van der Waals surface area contributed by atoms with Crippen molar-refractivity contribution in [1.29, 1.82) is 0 Å². The smallest absolute Gasteiger partial charge is 0.493 e. The molecule has 8 aliphatic rings. The number of likely N-dealkylation sites (N-methyl/N-ethyl adjacent to an activating group) is 2. The molecular formula is C44H52N2O12. The van der Waals surface area contributed by atoms with Gasteiger partial charge in [0.1, 0.15) is 11.2 Å². The molecule has 4 aliphatic heterocycles. The molecule has 0 radical (unpaired) electrons. The highest BCUT2D eigenvalue weighted by atomic mass is 16.7. The van der Waals surface area contributed by atoms with Crippen molar-refractivity contribution < 1.29 is 57.1 Å². The van der Waals surface area contributed by atoms with Crippen LogP contribution in [-0.4, -0.2) is 124 Å². The van der Waals surface area contributed by atoms with E-state index in [4.69, 9.17) is 37.9 Å². The Balaban J connectivity index is 0.746. The van der Waals surface area contributed by atoms with E-state index in [1.807, 2.05) is 12.1 Å². The zero-order chi connectivity index (χ0) is 40.2. The molecule has 310 valence electrons. The number of hydrogen-bond donors (Lipinski definition) is 0. The maximum absolute atomic E-state index is 13.5. The van der Waals surface area contributed by atoms with Crippen molar-refractivity contribution in [2.24, 2.45) is 0 Å². The van der Waals surface area contributed by atoms with Crippen LogP contribution >= 0.6 is 0 Å². The summed E-state index contributed by atoms with van der Waals surface area (Å²) in [6.07, 6.45) is 3.63. The fraction of sp³-hybridized carbons (Fsp3) is 0.636. The number of methoxy groups -OCH3 is 2. The lowest BCUT2D eigenvalue weighted by Crippen LogP contribution is -2.77. The molecule has 0 amide bonds. The molecule has 58 heavy (non-hydrogen) atoms. The number of rotatable bonds is 11. The van der Waals surface area contributed by atoms with Gasteiger partial charge in [0, 0.05) is 24.0 Å². The summed E-state index contributed by atoms with van der Waals surface area (Å²) in [5.74, 6) is 2.41. The molecule has 2 saturated heterocycles. The number of carbonyl (C=O) groups is 4. The molecule has 4 aliphatic carbocycles. The summed E-state index contributed by atoms with van der Waals surface area (Å²) in [4.78, 5) is 58.5. The summed E-state index contributed by atoms with van der Waals surface area (Å²) in [5.41, 5.74) is 0.549. The van der Waals surface area contributed by atoms with Crippen molar-refractivity contribution in [3.05, 3.63) is 46.5 Å². The van der Waals surface area contributed by atoms with Crippen LogP contribution < -0.4 is 18.9 Å². The van der Waals surface area contributed by atoms with Crippen molar-refractivity contribution in [2.75, 3.05) is 54.6 Å². The molecule has 2 aromatic carbocycles. The van der Waals surface area contributed by atoms with Gasteiger partial charge in [0.05, 0.1) is 50.3 Å². The highest BCUT2D eigenvalue weighted by molar-refractivity contribution is 5.91. The van der Waals surface area contributed by atoms with Crippen LogP contribution in [0.2, 0.25) is 0 Å². The first kappa shape index (κ1) is 37.7. The van der Waals surface area contributed by atoms with Crippen LogP contribution in [-0.2, 0) is 52.2 Å². The van der Waals surface area contributed by atoms with E-state index in [2.05, 4.69) is 36.0 Å². The average molecular weight is 801 g/mol. The number of ether oxygens (including phenoxy) is 8. The third-order valence-corrected chi connectivity index (χ3v) is 15.4. The number of Topliss-reactive ketones (excluding diaryl/α,β-unsaturated/α-hetero) is 2. The third-order valence-electron chi connectivity index (χ3n) is 15.4. The Morgan fingerprint density at radius 1 is 0.655 bits per heavy atom. The van der Waals surface area contributed by atoms with Crippen molar-refractivity contribution in [2.45, 2.75) is 123 Å². The molecule has 0 aromatic heterocycles. The lowest BCUT2D eigenvalue weighted by atomic mass is 9.49. The minimum atomic E-state index is -0.978. The quantitative estimate of drug-likeness (QED) is 0.222. The number of piperidine rings is 2. The average Bonchev–Trinajstić information content (AvgIpc) is 3.76. The summed E-state index contributed by atoms with van der Waals surface area (Å²) in [7, 11) is 7.29. The normalized spacial score (nSPS) is 34.6. The lowest BCUT2D eigenvalue weighted by Gasteiger charge is -2.62. The molecule has 2 spiro atoms. The first-order chi connectivity index (χ1) is 28.0. The minimum Gasteiger partial charge on any atom is -0.493 e. The molecule has 14 nitrogen and oxygen atoms in total. The second kappa shape index (κ2) is 13.5. The van der Waals surface area contributed by atoms with Gasteiger partial charge in [0.2, 0.25) is 0 Å². The van der Waals surface area contributed by atoms with Gasteiger partial charge in [-0.25, -0.2) is 9.59 Å². The number of likely N-dealkylation sites (tertiary alicyclic amines) is 2. The zero-order valence-electron chi connectivity index (χ0n) is 33.7. The van der Waals surface area contributed by atoms with Crippen molar-refractivity contribution >= 4 is 23.9 Å². The van der Waals surface area contributed by atoms with Gasteiger partial charge in [-0.1, -0.05) is 12.1 Å². The van der Waals surface area contributed by atoms with E-state index in [0.29, 0.717) is 74.4 Å². The molecule has 4 fully saturated rings. The van der Waals surface area contributed by atoms with Crippen LogP contribution in [0.25, 0.3) is 0 Å². The van der Waals surface area contributed by atoms with Crippen LogP contribution in [0.4, 0.5) is 9.59 Å². The van der Waals surface area contributed by atoms with E-state index in [1.165, 1.54) is 0 Å². The van der Waals surface area contributed by atoms with Gasteiger partial charge in [0.15, 0.2) is 46.8 Å². The van der Waals surface area contributed by atoms with Crippen molar-refractivity contribution in [1.82, 2.24) is 9.80 Å². The Morgan fingerprint density at radius 3 is 1.50 bits per heavy atom. The van der Waals surface area contributed by atoms with Gasteiger partial charge in [-0.3, -0.25) is 19.4 Å². The molecule has 8 atom stereocenters. The predicted molar refractivity (Wildman–Crippen MR) is 205 cm³/mol. The summed E-state index contributed by atoms with van der Waals surface area (Å²) in [5, 5.41) is 0. The van der Waals surface area contributed by atoms with Crippen LogP contribution in [0.1, 0.15) is 86.5 Å². The van der Waals surface area contributed by atoms with Gasteiger partial charge in [-0.15, -0.1) is 0 Å². The maximum atomic E-state index is 13.5. The fourth-order valence-corrected chi connectivity index (χ4v) is 13.0. The van der Waals surface area contributed by atoms with Gasteiger partial charge < -0.3 is 37.9 Å². The molecular weight excluding hydrogens is 748 g/mol. The summed E-state index contributed by atoms with van der Waals surface area (Å²) < 4.78 is 48.5. The highest BCUT2D eigenvalue weighted by Gasteiger charge is 2.77. The number of carbonyl (C=O) groups excluding carboxylic acids is 4. The van der Waals surface area contributed by atoms with Gasteiger partial charge in [-0.2, -0.15) is 0 Å². The molecule has 4 bridgehead atoms. The molecule has 10 rings (SSSR count).